The maximum Gasteiger partial charge on any atom is 0.254 e. The smallest absolute Gasteiger partial charge is 0.254 e. The van der Waals surface area contributed by atoms with E-state index < -0.39 is 5.54 Å². The molecule has 0 saturated heterocycles. The molecule has 1 fully saturated rings. The summed E-state index contributed by atoms with van der Waals surface area (Å²) in [5, 5.41) is 3.18. The quantitative estimate of drug-likeness (QED) is 0.765. The van der Waals surface area contributed by atoms with E-state index in [9.17, 15) is 9.59 Å². The molecule has 2 aromatic carbocycles. The molecular formula is C25H30N2O3. The van der Waals surface area contributed by atoms with Gasteiger partial charge in [0.25, 0.3) is 5.91 Å². The Hall–Kier alpha value is -2.66. The lowest BCUT2D eigenvalue weighted by atomic mass is 9.71. The van der Waals surface area contributed by atoms with Gasteiger partial charge in [-0.15, -0.1) is 0 Å². The van der Waals surface area contributed by atoms with Gasteiger partial charge in [-0.3, -0.25) is 9.59 Å². The first kappa shape index (κ1) is 20.6. The monoisotopic (exact) mass is 406 g/mol. The number of nitrogens with zero attached hydrogens (tertiary/aromatic N) is 1. The van der Waals surface area contributed by atoms with Crippen molar-refractivity contribution in [3.05, 3.63) is 71.3 Å². The number of methoxy groups -OCH3 is 1. The molecule has 30 heavy (non-hydrogen) atoms. The van der Waals surface area contributed by atoms with E-state index in [0.29, 0.717) is 25.3 Å². The van der Waals surface area contributed by atoms with E-state index in [1.165, 1.54) is 5.56 Å². The summed E-state index contributed by atoms with van der Waals surface area (Å²) >= 11 is 0. The van der Waals surface area contributed by atoms with Gasteiger partial charge in [0.05, 0.1) is 18.1 Å². The number of fused-ring (bicyclic) bond motifs is 1. The Labute approximate surface area is 178 Å². The molecule has 0 aromatic heterocycles. The van der Waals surface area contributed by atoms with E-state index in [-0.39, 0.29) is 17.7 Å². The van der Waals surface area contributed by atoms with Gasteiger partial charge in [-0.25, -0.2) is 0 Å². The second kappa shape index (κ2) is 9.00. The van der Waals surface area contributed by atoms with Crippen molar-refractivity contribution in [2.24, 2.45) is 0 Å². The van der Waals surface area contributed by atoms with E-state index in [4.69, 9.17) is 4.74 Å². The van der Waals surface area contributed by atoms with Crippen LogP contribution in [0.25, 0.3) is 0 Å². The van der Waals surface area contributed by atoms with Crippen LogP contribution < -0.4 is 5.32 Å². The number of rotatable bonds is 7. The molecule has 0 unspecified atom stereocenters. The number of benzene rings is 2. The predicted molar refractivity (Wildman–Crippen MR) is 116 cm³/mol. The minimum absolute atomic E-state index is 0.0233. The molecule has 1 saturated carbocycles. The lowest BCUT2D eigenvalue weighted by Gasteiger charge is -2.50. The summed E-state index contributed by atoms with van der Waals surface area (Å²) in [7, 11) is 1.65. The van der Waals surface area contributed by atoms with Gasteiger partial charge in [0.2, 0.25) is 5.91 Å². The second-order valence-corrected chi connectivity index (χ2v) is 8.31. The molecule has 1 aliphatic carbocycles. The highest BCUT2D eigenvalue weighted by Gasteiger charge is 2.55. The fraction of sp³-hybridized carbons (Fsp3) is 0.440. The van der Waals surface area contributed by atoms with Gasteiger partial charge in [-0.1, -0.05) is 61.4 Å². The molecule has 0 radical (unpaired) electrons. The van der Waals surface area contributed by atoms with Gasteiger partial charge >= 0.3 is 0 Å². The van der Waals surface area contributed by atoms with E-state index in [2.05, 4.69) is 17.4 Å². The summed E-state index contributed by atoms with van der Waals surface area (Å²) in [4.78, 5) is 28.9. The van der Waals surface area contributed by atoms with Crippen LogP contribution in [0.2, 0.25) is 0 Å². The number of nitrogens with one attached hydrogen (secondary N) is 1. The van der Waals surface area contributed by atoms with Crippen molar-refractivity contribution in [3.63, 3.8) is 0 Å². The van der Waals surface area contributed by atoms with Gasteiger partial charge in [-0.2, -0.15) is 0 Å². The Kier molecular flexibility index (Phi) is 6.18. The van der Waals surface area contributed by atoms with Crippen LogP contribution in [0, 0.1) is 0 Å². The van der Waals surface area contributed by atoms with E-state index in [1.807, 2.05) is 47.4 Å². The normalized spacial score (nSPS) is 19.7. The minimum Gasteiger partial charge on any atom is -0.383 e. The number of carbonyl (C=O) groups excluding carboxylic acids is 2. The second-order valence-electron chi connectivity index (χ2n) is 8.31. The molecule has 158 valence electrons. The molecule has 2 aliphatic rings. The molecule has 5 nitrogen and oxygen atoms in total. The van der Waals surface area contributed by atoms with Gasteiger partial charge in [0, 0.05) is 25.8 Å². The summed E-state index contributed by atoms with van der Waals surface area (Å²) < 4.78 is 5.30. The number of amides is 2. The fourth-order valence-electron chi connectivity index (χ4n) is 5.25. The van der Waals surface area contributed by atoms with Gasteiger partial charge in [0.15, 0.2) is 0 Å². The fourth-order valence-corrected chi connectivity index (χ4v) is 5.25. The van der Waals surface area contributed by atoms with Crippen molar-refractivity contribution in [2.45, 2.75) is 43.6 Å². The van der Waals surface area contributed by atoms with Gasteiger partial charge in [0.1, 0.15) is 0 Å². The van der Waals surface area contributed by atoms with Crippen molar-refractivity contribution < 1.29 is 14.3 Å². The average molecular weight is 407 g/mol. The van der Waals surface area contributed by atoms with Crippen LogP contribution in [0.5, 0.6) is 0 Å². The van der Waals surface area contributed by atoms with Crippen LogP contribution in [0.1, 0.15) is 53.1 Å². The molecule has 1 heterocycles. The zero-order chi connectivity index (χ0) is 21.0. The largest absolute Gasteiger partial charge is 0.383 e. The lowest BCUT2D eigenvalue weighted by molar-refractivity contribution is -0.126. The Balaban J connectivity index is 1.63. The summed E-state index contributed by atoms with van der Waals surface area (Å²) in [6.07, 6.45) is 4.57. The Morgan fingerprint density at radius 3 is 2.53 bits per heavy atom. The first-order valence-corrected chi connectivity index (χ1v) is 10.9. The molecule has 1 N–H and O–H groups in total. The molecular weight excluding hydrogens is 376 g/mol. The SMILES string of the molecule is COCCN1C(=O)c2ccccc2[C@H](C(=O)NCCc2ccccc2)C12CCCC2. The summed E-state index contributed by atoms with van der Waals surface area (Å²) in [5.41, 5.74) is 2.26. The highest BCUT2D eigenvalue weighted by atomic mass is 16.5. The van der Waals surface area contributed by atoms with Crippen LogP contribution >= 0.6 is 0 Å². The van der Waals surface area contributed by atoms with Crippen molar-refractivity contribution in [1.29, 1.82) is 0 Å². The molecule has 5 heteroatoms. The van der Waals surface area contributed by atoms with Crippen LogP contribution in [0.15, 0.2) is 54.6 Å². The first-order chi connectivity index (χ1) is 14.7. The Morgan fingerprint density at radius 2 is 1.80 bits per heavy atom. The molecule has 1 atom stereocenters. The minimum atomic E-state index is -0.458. The maximum absolute atomic E-state index is 13.6. The number of ether oxygens (including phenoxy) is 1. The van der Waals surface area contributed by atoms with Crippen LogP contribution in [-0.2, 0) is 16.0 Å². The Morgan fingerprint density at radius 1 is 1.10 bits per heavy atom. The van der Waals surface area contributed by atoms with E-state index in [1.54, 1.807) is 7.11 Å². The standard InChI is InChI=1S/C25H30N2O3/c1-30-18-17-27-24(29)21-12-6-5-11-20(21)22(25(27)14-7-8-15-25)23(28)26-16-13-19-9-3-2-4-10-19/h2-6,9-12,22H,7-8,13-18H2,1H3,(H,26,28)/t22-/m1/s1. The van der Waals surface area contributed by atoms with Gasteiger partial charge < -0.3 is 15.0 Å². The number of carbonyl (C=O) groups is 2. The van der Waals surface area contributed by atoms with Crippen molar-refractivity contribution in [2.75, 3.05) is 26.8 Å². The topological polar surface area (TPSA) is 58.6 Å². The molecule has 2 aromatic rings. The summed E-state index contributed by atoms with van der Waals surface area (Å²) in [6.45, 7) is 1.57. The number of hydrogen-bond donors (Lipinski definition) is 1. The third-order valence-corrected chi connectivity index (χ3v) is 6.63. The van der Waals surface area contributed by atoms with E-state index >= 15 is 0 Å². The van der Waals surface area contributed by atoms with Crippen LogP contribution in [0.3, 0.4) is 0 Å². The van der Waals surface area contributed by atoms with Crippen LogP contribution in [-0.4, -0.2) is 49.1 Å². The third-order valence-electron chi connectivity index (χ3n) is 6.63. The summed E-state index contributed by atoms with van der Waals surface area (Å²) in [5.74, 6) is -0.297. The highest BCUT2D eigenvalue weighted by Crippen LogP contribution is 2.50. The average Bonchev–Trinajstić information content (AvgIpc) is 3.24. The third kappa shape index (κ3) is 3.74. The highest BCUT2D eigenvalue weighted by molar-refractivity contribution is 6.02. The molecule has 4 rings (SSSR count). The zero-order valence-corrected chi connectivity index (χ0v) is 17.6. The van der Waals surface area contributed by atoms with Crippen molar-refractivity contribution >= 4 is 11.8 Å². The maximum atomic E-state index is 13.6. The lowest BCUT2D eigenvalue weighted by Crippen LogP contribution is -2.61. The first-order valence-electron chi connectivity index (χ1n) is 10.9. The predicted octanol–water partition coefficient (Wildman–Crippen LogP) is 3.54. The van der Waals surface area contributed by atoms with Gasteiger partial charge in [-0.05, 0) is 36.5 Å². The Bertz CT molecular complexity index is 890. The molecule has 1 aliphatic heterocycles. The molecule has 2 amide bonds. The van der Waals surface area contributed by atoms with Crippen molar-refractivity contribution in [3.8, 4) is 0 Å². The molecule has 1 spiro atoms. The summed E-state index contributed by atoms with van der Waals surface area (Å²) in [6, 6.07) is 17.8. The van der Waals surface area contributed by atoms with Crippen LogP contribution in [0.4, 0.5) is 0 Å². The van der Waals surface area contributed by atoms with E-state index in [0.717, 1.165) is 37.7 Å². The van der Waals surface area contributed by atoms with Crippen molar-refractivity contribution in [1.82, 2.24) is 10.2 Å². The molecule has 0 bridgehead atoms. The zero-order valence-electron chi connectivity index (χ0n) is 17.6. The number of hydrogen-bond acceptors (Lipinski definition) is 3.